The van der Waals surface area contributed by atoms with E-state index < -0.39 is 35.3 Å². The van der Waals surface area contributed by atoms with E-state index in [-0.39, 0.29) is 23.3 Å². The van der Waals surface area contributed by atoms with Gasteiger partial charge in [-0.1, -0.05) is 24.3 Å². The zero-order valence-corrected chi connectivity index (χ0v) is 16.1. The molecule has 1 amide bonds. The quantitative estimate of drug-likeness (QED) is 0.536. The highest BCUT2D eigenvalue weighted by Gasteiger charge is 2.17. The molecule has 2 heterocycles. The summed E-state index contributed by atoms with van der Waals surface area (Å²) >= 11 is 0. The SMILES string of the molecule is O=C(Cn1c(=O)n(Cc2ccc(F)cc2)c(=O)c2cccnc21)Nc1ccccc1F. The number of hydrogen-bond donors (Lipinski definition) is 1. The topological polar surface area (TPSA) is 86.0 Å². The molecule has 2 aromatic heterocycles. The van der Waals surface area contributed by atoms with Gasteiger partial charge in [-0.15, -0.1) is 0 Å². The lowest BCUT2D eigenvalue weighted by atomic mass is 10.2. The number of para-hydroxylation sites is 1. The van der Waals surface area contributed by atoms with Gasteiger partial charge in [-0.05, 0) is 42.0 Å². The third-order valence-corrected chi connectivity index (χ3v) is 4.68. The Morgan fingerprint density at radius 1 is 0.935 bits per heavy atom. The Kier molecular flexibility index (Phi) is 5.40. The van der Waals surface area contributed by atoms with Gasteiger partial charge < -0.3 is 5.32 Å². The van der Waals surface area contributed by atoms with E-state index in [1.54, 1.807) is 12.1 Å². The highest BCUT2D eigenvalue weighted by Crippen LogP contribution is 2.13. The second-order valence-electron chi connectivity index (χ2n) is 6.79. The van der Waals surface area contributed by atoms with Crippen LogP contribution in [0.3, 0.4) is 0 Å². The first-order chi connectivity index (χ1) is 14.9. The zero-order valence-electron chi connectivity index (χ0n) is 16.1. The molecule has 4 rings (SSSR count). The van der Waals surface area contributed by atoms with Crippen LogP contribution in [0.2, 0.25) is 0 Å². The minimum absolute atomic E-state index is 0.0301. The molecule has 0 spiro atoms. The van der Waals surface area contributed by atoms with Crippen molar-refractivity contribution in [1.82, 2.24) is 14.1 Å². The minimum Gasteiger partial charge on any atom is -0.322 e. The molecule has 0 saturated carbocycles. The van der Waals surface area contributed by atoms with Crippen molar-refractivity contribution in [2.75, 3.05) is 5.32 Å². The number of halogens is 2. The van der Waals surface area contributed by atoms with E-state index in [4.69, 9.17) is 0 Å². The molecule has 0 aliphatic carbocycles. The van der Waals surface area contributed by atoms with Crippen molar-refractivity contribution >= 4 is 22.6 Å². The van der Waals surface area contributed by atoms with Crippen molar-refractivity contribution in [1.29, 1.82) is 0 Å². The van der Waals surface area contributed by atoms with Crippen molar-refractivity contribution < 1.29 is 13.6 Å². The standard InChI is InChI=1S/C22H16F2N4O3/c23-15-9-7-14(8-10-15)12-28-21(30)16-4-3-11-25-20(16)27(22(28)31)13-19(29)26-18-6-2-1-5-17(18)24/h1-11H,12-13H2,(H,26,29). The molecule has 0 aliphatic heterocycles. The fourth-order valence-corrected chi connectivity index (χ4v) is 3.20. The van der Waals surface area contributed by atoms with Crippen LogP contribution >= 0.6 is 0 Å². The Morgan fingerprint density at radius 3 is 2.42 bits per heavy atom. The van der Waals surface area contributed by atoms with Crippen LogP contribution in [0.25, 0.3) is 11.0 Å². The molecule has 0 aliphatic rings. The molecule has 0 atom stereocenters. The molecule has 0 bridgehead atoms. The summed E-state index contributed by atoms with van der Waals surface area (Å²) < 4.78 is 29.0. The van der Waals surface area contributed by atoms with Crippen LogP contribution in [0.1, 0.15) is 5.56 Å². The molecule has 0 fully saturated rings. The number of amides is 1. The van der Waals surface area contributed by atoms with Crippen molar-refractivity contribution in [3.63, 3.8) is 0 Å². The predicted molar refractivity (Wildman–Crippen MR) is 111 cm³/mol. The van der Waals surface area contributed by atoms with Gasteiger partial charge in [0.15, 0.2) is 0 Å². The lowest BCUT2D eigenvalue weighted by molar-refractivity contribution is -0.116. The summed E-state index contributed by atoms with van der Waals surface area (Å²) in [6, 6.07) is 14.0. The van der Waals surface area contributed by atoms with Gasteiger partial charge in [-0.2, -0.15) is 0 Å². The Hall–Kier alpha value is -4.14. The van der Waals surface area contributed by atoms with Gasteiger partial charge in [0, 0.05) is 6.20 Å². The molecule has 4 aromatic rings. The summed E-state index contributed by atoms with van der Waals surface area (Å²) in [4.78, 5) is 42.6. The molecule has 31 heavy (non-hydrogen) atoms. The first-order valence-electron chi connectivity index (χ1n) is 9.31. The van der Waals surface area contributed by atoms with E-state index in [0.717, 1.165) is 9.13 Å². The highest BCUT2D eigenvalue weighted by atomic mass is 19.1. The molecule has 0 saturated heterocycles. The Morgan fingerprint density at radius 2 is 1.68 bits per heavy atom. The molecular formula is C22H16F2N4O3. The van der Waals surface area contributed by atoms with E-state index in [1.165, 1.54) is 54.7 Å². The molecule has 9 heteroatoms. The maximum Gasteiger partial charge on any atom is 0.333 e. The molecular weight excluding hydrogens is 406 g/mol. The first kappa shape index (κ1) is 20.1. The van der Waals surface area contributed by atoms with Gasteiger partial charge in [0.25, 0.3) is 5.56 Å². The number of benzene rings is 2. The van der Waals surface area contributed by atoms with Crippen molar-refractivity contribution in [3.05, 3.63) is 105 Å². The zero-order chi connectivity index (χ0) is 22.0. The molecule has 2 aromatic carbocycles. The second kappa shape index (κ2) is 8.31. The average Bonchev–Trinajstić information content (AvgIpc) is 2.77. The number of carbonyl (C=O) groups excluding carboxylic acids is 1. The van der Waals surface area contributed by atoms with E-state index in [0.29, 0.717) is 5.56 Å². The smallest absolute Gasteiger partial charge is 0.322 e. The van der Waals surface area contributed by atoms with Gasteiger partial charge in [0.1, 0.15) is 23.8 Å². The van der Waals surface area contributed by atoms with Crippen LogP contribution < -0.4 is 16.6 Å². The summed E-state index contributed by atoms with van der Waals surface area (Å²) in [5.41, 5.74) is -0.799. The number of rotatable bonds is 5. The van der Waals surface area contributed by atoms with Gasteiger partial charge in [0.2, 0.25) is 5.91 Å². The highest BCUT2D eigenvalue weighted by molar-refractivity contribution is 5.91. The van der Waals surface area contributed by atoms with Gasteiger partial charge in [0.05, 0.1) is 17.6 Å². The van der Waals surface area contributed by atoms with E-state index in [1.807, 2.05) is 0 Å². The normalized spacial score (nSPS) is 10.9. The molecule has 156 valence electrons. The number of nitrogens with one attached hydrogen (secondary N) is 1. The van der Waals surface area contributed by atoms with Gasteiger partial charge in [-0.25, -0.2) is 18.6 Å². The maximum atomic E-state index is 13.8. The summed E-state index contributed by atoms with van der Waals surface area (Å²) in [5, 5.41) is 2.55. The average molecular weight is 422 g/mol. The number of anilines is 1. The largest absolute Gasteiger partial charge is 0.333 e. The second-order valence-corrected chi connectivity index (χ2v) is 6.79. The summed E-state index contributed by atoms with van der Waals surface area (Å²) in [6.45, 7) is -0.595. The van der Waals surface area contributed by atoms with Gasteiger partial charge >= 0.3 is 5.69 Å². The fraction of sp³-hybridized carbons (Fsp3) is 0.0909. The predicted octanol–water partition coefficient (Wildman–Crippen LogP) is 2.52. The lowest BCUT2D eigenvalue weighted by Gasteiger charge is -2.14. The van der Waals surface area contributed by atoms with Crippen LogP contribution in [-0.4, -0.2) is 20.0 Å². The number of hydrogen-bond acceptors (Lipinski definition) is 4. The number of pyridine rings is 1. The number of aromatic nitrogens is 3. The van der Waals surface area contributed by atoms with Crippen molar-refractivity contribution in [3.8, 4) is 0 Å². The van der Waals surface area contributed by atoms with Crippen LogP contribution in [0.15, 0.2) is 76.4 Å². The first-order valence-corrected chi connectivity index (χ1v) is 9.31. The van der Waals surface area contributed by atoms with Crippen LogP contribution in [0.4, 0.5) is 14.5 Å². The summed E-state index contributed by atoms with van der Waals surface area (Å²) in [7, 11) is 0. The summed E-state index contributed by atoms with van der Waals surface area (Å²) in [6.07, 6.45) is 1.40. The van der Waals surface area contributed by atoms with Crippen molar-refractivity contribution in [2.24, 2.45) is 0 Å². The van der Waals surface area contributed by atoms with E-state index >= 15 is 0 Å². The Labute approximate surface area is 174 Å². The Bertz CT molecular complexity index is 1390. The third-order valence-electron chi connectivity index (χ3n) is 4.68. The third kappa shape index (κ3) is 4.11. The molecule has 0 radical (unpaired) electrons. The van der Waals surface area contributed by atoms with Crippen LogP contribution in [0, 0.1) is 11.6 Å². The fourth-order valence-electron chi connectivity index (χ4n) is 3.20. The lowest BCUT2D eigenvalue weighted by Crippen LogP contribution is -2.42. The maximum absolute atomic E-state index is 13.8. The monoisotopic (exact) mass is 422 g/mol. The van der Waals surface area contributed by atoms with E-state index in [2.05, 4.69) is 10.3 Å². The molecule has 7 nitrogen and oxygen atoms in total. The Balaban J connectivity index is 1.76. The summed E-state index contributed by atoms with van der Waals surface area (Å²) in [5.74, 6) is -1.72. The van der Waals surface area contributed by atoms with Crippen molar-refractivity contribution in [2.45, 2.75) is 13.1 Å². The minimum atomic E-state index is -0.760. The van der Waals surface area contributed by atoms with Crippen LogP contribution in [-0.2, 0) is 17.9 Å². The van der Waals surface area contributed by atoms with E-state index in [9.17, 15) is 23.2 Å². The van der Waals surface area contributed by atoms with Crippen LogP contribution in [0.5, 0.6) is 0 Å². The molecule has 1 N–H and O–H groups in total. The van der Waals surface area contributed by atoms with Gasteiger partial charge in [-0.3, -0.25) is 18.7 Å². The number of fused-ring (bicyclic) bond motifs is 1. The number of nitrogens with zero attached hydrogens (tertiary/aromatic N) is 3. The molecule has 0 unspecified atom stereocenters. The number of carbonyl (C=O) groups is 1.